The number of amides is 1. The van der Waals surface area contributed by atoms with E-state index in [1.54, 1.807) is 20.8 Å². The van der Waals surface area contributed by atoms with Gasteiger partial charge in [-0.25, -0.2) is 9.59 Å². The molecular formula is C15H27NO8. The van der Waals surface area contributed by atoms with E-state index in [1.807, 2.05) is 0 Å². The van der Waals surface area contributed by atoms with E-state index in [0.29, 0.717) is 0 Å². The highest BCUT2D eigenvalue weighted by Crippen LogP contribution is 2.08. The molecule has 0 aliphatic rings. The van der Waals surface area contributed by atoms with Crippen molar-refractivity contribution in [3.05, 3.63) is 12.2 Å². The largest absolute Gasteiger partial charge is 0.459 e. The van der Waals surface area contributed by atoms with Crippen LogP contribution >= 0.6 is 0 Å². The summed E-state index contributed by atoms with van der Waals surface area (Å²) >= 11 is 0. The maximum absolute atomic E-state index is 11.4. The zero-order valence-electron chi connectivity index (χ0n) is 14.4. The Balaban J connectivity index is 4.35. The number of aliphatic hydroxyl groups is 4. The maximum Gasteiger partial charge on any atom is 0.407 e. The molecule has 0 aliphatic carbocycles. The van der Waals surface area contributed by atoms with Gasteiger partial charge in [-0.1, -0.05) is 6.58 Å². The van der Waals surface area contributed by atoms with Crippen LogP contribution in [-0.4, -0.2) is 75.7 Å². The summed E-state index contributed by atoms with van der Waals surface area (Å²) in [5.41, 5.74) is -0.616. The molecule has 0 radical (unpaired) electrons. The summed E-state index contributed by atoms with van der Waals surface area (Å²) in [7, 11) is 0. The smallest absolute Gasteiger partial charge is 0.407 e. The maximum atomic E-state index is 11.4. The molecule has 9 heteroatoms. The Bertz CT molecular complexity index is 445. The first-order valence-electron chi connectivity index (χ1n) is 7.37. The lowest BCUT2D eigenvalue weighted by molar-refractivity contribution is -0.150. The molecule has 4 atom stereocenters. The van der Waals surface area contributed by atoms with Crippen molar-refractivity contribution in [1.82, 2.24) is 5.32 Å². The fraction of sp³-hybridized carbons (Fsp3) is 0.733. The number of hydrogen-bond acceptors (Lipinski definition) is 8. The van der Waals surface area contributed by atoms with Gasteiger partial charge in [0.05, 0.1) is 6.10 Å². The van der Waals surface area contributed by atoms with Crippen molar-refractivity contribution in [2.24, 2.45) is 0 Å². The van der Waals surface area contributed by atoms with E-state index in [-0.39, 0.29) is 5.57 Å². The molecule has 0 heterocycles. The molecule has 0 aromatic carbocycles. The third-order valence-corrected chi connectivity index (χ3v) is 2.73. The van der Waals surface area contributed by atoms with Crippen molar-refractivity contribution in [2.45, 2.75) is 57.7 Å². The molecule has 0 bridgehead atoms. The van der Waals surface area contributed by atoms with Gasteiger partial charge in [0.25, 0.3) is 0 Å². The average Bonchev–Trinajstić information content (AvgIpc) is 2.46. The van der Waals surface area contributed by atoms with Crippen LogP contribution in [0.1, 0.15) is 27.7 Å². The molecule has 0 saturated heterocycles. The lowest BCUT2D eigenvalue weighted by Crippen LogP contribution is -2.50. The average molecular weight is 349 g/mol. The highest BCUT2D eigenvalue weighted by molar-refractivity contribution is 5.86. The highest BCUT2D eigenvalue weighted by atomic mass is 16.6. The molecule has 9 nitrogen and oxygen atoms in total. The molecule has 0 aromatic heterocycles. The zero-order chi connectivity index (χ0) is 19.1. The molecule has 1 amide bonds. The van der Waals surface area contributed by atoms with E-state index in [4.69, 9.17) is 4.74 Å². The fourth-order valence-electron chi connectivity index (χ4n) is 1.46. The van der Waals surface area contributed by atoms with Crippen molar-refractivity contribution in [3.8, 4) is 0 Å². The Morgan fingerprint density at radius 2 is 1.58 bits per heavy atom. The number of carbonyl (C=O) groups is 2. The minimum atomic E-state index is -1.79. The van der Waals surface area contributed by atoms with Crippen LogP contribution in [0.5, 0.6) is 0 Å². The van der Waals surface area contributed by atoms with E-state index in [0.717, 1.165) is 0 Å². The normalized spacial score (nSPS) is 16.5. The van der Waals surface area contributed by atoms with Gasteiger partial charge < -0.3 is 35.2 Å². The summed E-state index contributed by atoms with van der Waals surface area (Å²) in [6, 6.07) is 0. The second-order valence-corrected chi connectivity index (χ2v) is 6.38. The van der Waals surface area contributed by atoms with Crippen LogP contribution in [0.15, 0.2) is 12.2 Å². The lowest BCUT2D eigenvalue weighted by atomic mass is 10.0. The molecule has 0 fully saturated rings. The van der Waals surface area contributed by atoms with Crippen LogP contribution in [0.25, 0.3) is 0 Å². The van der Waals surface area contributed by atoms with Gasteiger partial charge in [0.1, 0.15) is 30.5 Å². The first-order valence-corrected chi connectivity index (χ1v) is 7.37. The van der Waals surface area contributed by atoms with E-state index in [1.165, 1.54) is 6.92 Å². The van der Waals surface area contributed by atoms with Gasteiger partial charge in [-0.05, 0) is 27.7 Å². The third-order valence-electron chi connectivity index (χ3n) is 2.73. The molecule has 0 spiro atoms. The summed E-state index contributed by atoms with van der Waals surface area (Å²) in [6.07, 6.45) is -7.57. The Hall–Kier alpha value is -1.68. The Kier molecular flexibility index (Phi) is 8.91. The standard InChI is InChI=1S/C15H27NO8/c1-8(2)13(21)23-7-10(18)12(20)11(19)9(17)6-16-14(22)24-15(3,4)5/h9-12,17-20H,1,6-7H2,2-5H3,(H,16,22). The molecule has 24 heavy (non-hydrogen) atoms. The SMILES string of the molecule is C=C(C)C(=O)OCC(O)C(O)C(O)C(O)CNC(=O)OC(C)(C)C. The van der Waals surface area contributed by atoms with Crippen LogP contribution in [0, 0.1) is 0 Å². The highest BCUT2D eigenvalue weighted by Gasteiger charge is 2.31. The molecule has 0 aromatic rings. The summed E-state index contributed by atoms with van der Waals surface area (Å²) in [6.45, 7) is 8.73. The molecule has 0 rings (SSSR count). The summed E-state index contributed by atoms with van der Waals surface area (Å²) in [5, 5.41) is 41.1. The van der Waals surface area contributed by atoms with Crippen LogP contribution in [-0.2, 0) is 14.3 Å². The Labute approximate surface area is 140 Å². The van der Waals surface area contributed by atoms with E-state index in [9.17, 15) is 30.0 Å². The predicted octanol–water partition coefficient (Wildman–Crippen LogP) is -0.926. The Morgan fingerprint density at radius 1 is 1.08 bits per heavy atom. The van der Waals surface area contributed by atoms with Crippen molar-refractivity contribution in [1.29, 1.82) is 0 Å². The van der Waals surface area contributed by atoms with Crippen molar-refractivity contribution in [2.75, 3.05) is 13.2 Å². The monoisotopic (exact) mass is 349 g/mol. The second kappa shape index (κ2) is 9.58. The van der Waals surface area contributed by atoms with E-state index >= 15 is 0 Å². The van der Waals surface area contributed by atoms with Crippen molar-refractivity contribution >= 4 is 12.1 Å². The quantitative estimate of drug-likeness (QED) is 0.279. The molecule has 5 N–H and O–H groups in total. The van der Waals surface area contributed by atoms with Crippen molar-refractivity contribution in [3.63, 3.8) is 0 Å². The predicted molar refractivity (Wildman–Crippen MR) is 84.0 cm³/mol. The number of alkyl carbamates (subject to hydrolysis) is 1. The lowest BCUT2D eigenvalue weighted by Gasteiger charge is -2.27. The molecule has 140 valence electrons. The number of hydrogen-bond donors (Lipinski definition) is 5. The van der Waals surface area contributed by atoms with Crippen LogP contribution < -0.4 is 5.32 Å². The number of nitrogens with one attached hydrogen (secondary N) is 1. The summed E-state index contributed by atoms with van der Waals surface area (Å²) in [5.74, 6) is -0.761. The topological polar surface area (TPSA) is 146 Å². The molecule has 0 saturated carbocycles. The number of aliphatic hydroxyl groups excluding tert-OH is 4. The zero-order valence-corrected chi connectivity index (χ0v) is 14.4. The van der Waals surface area contributed by atoms with Gasteiger partial charge in [-0.15, -0.1) is 0 Å². The Morgan fingerprint density at radius 3 is 2.04 bits per heavy atom. The van der Waals surface area contributed by atoms with Crippen LogP contribution in [0.2, 0.25) is 0 Å². The molecule has 0 aliphatic heterocycles. The van der Waals surface area contributed by atoms with Crippen LogP contribution in [0.3, 0.4) is 0 Å². The number of carbonyl (C=O) groups excluding carboxylic acids is 2. The van der Waals surface area contributed by atoms with Gasteiger partial charge in [0.15, 0.2) is 0 Å². The van der Waals surface area contributed by atoms with E-state index in [2.05, 4.69) is 16.6 Å². The third kappa shape index (κ3) is 8.82. The molecule has 4 unspecified atom stereocenters. The minimum Gasteiger partial charge on any atom is -0.459 e. The number of esters is 1. The van der Waals surface area contributed by atoms with Gasteiger partial charge in [-0.2, -0.15) is 0 Å². The minimum absolute atomic E-state index is 0.110. The fourth-order valence-corrected chi connectivity index (χ4v) is 1.46. The van der Waals surface area contributed by atoms with Gasteiger partial charge in [-0.3, -0.25) is 0 Å². The van der Waals surface area contributed by atoms with Crippen LogP contribution in [0.4, 0.5) is 4.79 Å². The van der Waals surface area contributed by atoms with Gasteiger partial charge >= 0.3 is 12.1 Å². The number of ether oxygens (including phenoxy) is 2. The first kappa shape index (κ1) is 22.3. The van der Waals surface area contributed by atoms with E-state index < -0.39 is 55.2 Å². The molecular weight excluding hydrogens is 322 g/mol. The first-order chi connectivity index (χ1) is 10.8. The number of rotatable bonds is 8. The second-order valence-electron chi connectivity index (χ2n) is 6.38. The van der Waals surface area contributed by atoms with Gasteiger partial charge in [0, 0.05) is 12.1 Å². The van der Waals surface area contributed by atoms with Gasteiger partial charge in [0.2, 0.25) is 0 Å². The van der Waals surface area contributed by atoms with Crippen molar-refractivity contribution < 1.29 is 39.5 Å². The summed E-state index contributed by atoms with van der Waals surface area (Å²) < 4.78 is 9.58. The summed E-state index contributed by atoms with van der Waals surface area (Å²) in [4.78, 5) is 22.6.